The van der Waals surface area contributed by atoms with E-state index in [1.165, 1.54) is 19.2 Å². The summed E-state index contributed by atoms with van der Waals surface area (Å²) >= 11 is 0. The third-order valence-electron chi connectivity index (χ3n) is 5.68. The molecular formula is C23H25F2N3O4. The van der Waals surface area contributed by atoms with Gasteiger partial charge in [0.1, 0.15) is 0 Å². The van der Waals surface area contributed by atoms with Crippen molar-refractivity contribution in [2.75, 3.05) is 20.2 Å². The minimum Gasteiger partial charge on any atom is -0.493 e. The van der Waals surface area contributed by atoms with E-state index in [1.807, 2.05) is 30.3 Å². The van der Waals surface area contributed by atoms with Crippen LogP contribution in [0, 0.1) is 5.92 Å². The lowest BCUT2D eigenvalue weighted by Gasteiger charge is -2.33. The molecule has 0 saturated carbocycles. The van der Waals surface area contributed by atoms with Gasteiger partial charge in [0.05, 0.1) is 19.8 Å². The molecule has 0 aliphatic carbocycles. The highest BCUT2D eigenvalue weighted by molar-refractivity contribution is 5.60. The second kappa shape index (κ2) is 10.1. The maximum absolute atomic E-state index is 12.5. The number of aliphatic hydroxyl groups excluding tert-OH is 1. The first kappa shape index (κ1) is 22.2. The maximum atomic E-state index is 12.5. The van der Waals surface area contributed by atoms with Crippen molar-refractivity contribution in [3.63, 3.8) is 0 Å². The van der Waals surface area contributed by atoms with Gasteiger partial charge in [-0.1, -0.05) is 35.5 Å². The van der Waals surface area contributed by atoms with Gasteiger partial charge in [-0.25, -0.2) is 0 Å². The molecule has 1 aromatic heterocycles. The first-order valence-corrected chi connectivity index (χ1v) is 10.4. The van der Waals surface area contributed by atoms with Crippen LogP contribution in [0.5, 0.6) is 11.5 Å². The highest BCUT2D eigenvalue weighted by Gasteiger charge is 2.27. The molecule has 7 nitrogen and oxygen atoms in total. The van der Waals surface area contributed by atoms with Gasteiger partial charge < -0.3 is 19.1 Å². The fraction of sp³-hybridized carbons (Fsp3) is 0.391. The molecule has 1 saturated heterocycles. The lowest BCUT2D eigenvalue weighted by Crippen LogP contribution is -2.35. The zero-order chi connectivity index (χ0) is 22.5. The molecule has 32 heavy (non-hydrogen) atoms. The Morgan fingerprint density at radius 2 is 1.88 bits per heavy atom. The average Bonchev–Trinajstić information content (AvgIpc) is 3.28. The molecule has 0 amide bonds. The Morgan fingerprint density at radius 3 is 2.56 bits per heavy atom. The predicted molar refractivity (Wildman–Crippen MR) is 112 cm³/mol. The van der Waals surface area contributed by atoms with Gasteiger partial charge in [0.2, 0.25) is 11.7 Å². The monoisotopic (exact) mass is 445 g/mol. The largest absolute Gasteiger partial charge is 0.493 e. The fourth-order valence-corrected chi connectivity index (χ4v) is 3.98. The normalized spacial score (nSPS) is 16.3. The van der Waals surface area contributed by atoms with Gasteiger partial charge in [0.25, 0.3) is 0 Å². The minimum atomic E-state index is -2.94. The molecule has 3 aromatic rings. The van der Waals surface area contributed by atoms with E-state index in [4.69, 9.17) is 9.26 Å². The standard InChI is InChI=1S/C23H25F2N3O4/c1-30-19-13-17(7-8-18(19)31-23(24)25)22-26-20(32-27-22)14-28-11-9-16(10-12-28)21(29)15-5-3-2-4-6-15/h2-8,13,16,21,23,29H,9-12,14H2,1H3. The molecule has 170 valence electrons. The first-order valence-electron chi connectivity index (χ1n) is 10.4. The van der Waals surface area contributed by atoms with Gasteiger partial charge in [-0.3, -0.25) is 4.90 Å². The lowest BCUT2D eigenvalue weighted by molar-refractivity contribution is -0.0512. The van der Waals surface area contributed by atoms with E-state index in [9.17, 15) is 13.9 Å². The summed E-state index contributed by atoms with van der Waals surface area (Å²) < 4.78 is 40.0. The van der Waals surface area contributed by atoms with Crippen molar-refractivity contribution in [3.05, 3.63) is 60.0 Å². The summed E-state index contributed by atoms with van der Waals surface area (Å²) in [6.45, 7) is -0.797. The number of rotatable bonds is 8. The van der Waals surface area contributed by atoms with Gasteiger partial charge >= 0.3 is 6.61 Å². The van der Waals surface area contributed by atoms with Gasteiger partial charge in [-0.05, 0) is 55.6 Å². The topological polar surface area (TPSA) is 80.9 Å². The molecule has 1 unspecified atom stereocenters. The quantitative estimate of drug-likeness (QED) is 0.554. The van der Waals surface area contributed by atoms with Crippen LogP contribution < -0.4 is 9.47 Å². The van der Waals surface area contributed by atoms with E-state index in [0.717, 1.165) is 31.5 Å². The van der Waals surface area contributed by atoms with E-state index in [2.05, 4.69) is 19.8 Å². The molecule has 9 heteroatoms. The van der Waals surface area contributed by atoms with E-state index in [0.29, 0.717) is 23.8 Å². The van der Waals surface area contributed by atoms with Crippen molar-refractivity contribution in [2.24, 2.45) is 5.92 Å². The van der Waals surface area contributed by atoms with Crippen LogP contribution in [0.1, 0.15) is 30.4 Å². The fourth-order valence-electron chi connectivity index (χ4n) is 3.98. The van der Waals surface area contributed by atoms with Crippen LogP contribution in [0.3, 0.4) is 0 Å². The molecule has 1 aliphatic rings. The summed E-state index contributed by atoms with van der Waals surface area (Å²) in [5.41, 5.74) is 1.52. The van der Waals surface area contributed by atoms with Crippen LogP contribution >= 0.6 is 0 Å². The summed E-state index contributed by atoms with van der Waals surface area (Å²) in [4.78, 5) is 6.64. The molecule has 0 spiro atoms. The zero-order valence-corrected chi connectivity index (χ0v) is 17.7. The molecule has 0 bridgehead atoms. The molecule has 0 radical (unpaired) electrons. The number of hydrogen-bond acceptors (Lipinski definition) is 7. The number of aromatic nitrogens is 2. The highest BCUT2D eigenvalue weighted by Crippen LogP contribution is 2.33. The second-order valence-electron chi connectivity index (χ2n) is 7.72. The maximum Gasteiger partial charge on any atom is 0.387 e. The molecule has 1 fully saturated rings. The number of halogens is 2. The number of alkyl halides is 2. The number of benzene rings is 2. The number of aliphatic hydroxyl groups is 1. The first-order chi connectivity index (χ1) is 15.5. The van der Waals surface area contributed by atoms with Gasteiger partial charge in [-0.2, -0.15) is 13.8 Å². The van der Waals surface area contributed by atoms with E-state index in [1.54, 1.807) is 6.07 Å². The van der Waals surface area contributed by atoms with Gasteiger partial charge in [-0.15, -0.1) is 0 Å². The lowest BCUT2D eigenvalue weighted by atomic mass is 9.87. The predicted octanol–water partition coefficient (Wildman–Crippen LogP) is 4.29. The van der Waals surface area contributed by atoms with E-state index < -0.39 is 12.7 Å². The Morgan fingerprint density at radius 1 is 1.12 bits per heavy atom. The average molecular weight is 445 g/mol. The Bertz CT molecular complexity index is 1010. The summed E-state index contributed by atoms with van der Waals surface area (Å²) in [7, 11) is 1.37. The van der Waals surface area contributed by atoms with Crippen LogP contribution in [-0.2, 0) is 6.54 Å². The van der Waals surface area contributed by atoms with Crippen molar-refractivity contribution in [2.45, 2.75) is 32.1 Å². The third kappa shape index (κ3) is 5.23. The summed E-state index contributed by atoms with van der Waals surface area (Å²) in [5.74, 6) is 1.13. The molecule has 2 heterocycles. The van der Waals surface area contributed by atoms with Crippen molar-refractivity contribution < 1.29 is 27.9 Å². The molecule has 1 N–H and O–H groups in total. The van der Waals surface area contributed by atoms with E-state index >= 15 is 0 Å². The Balaban J connectivity index is 1.35. The third-order valence-corrected chi connectivity index (χ3v) is 5.68. The van der Waals surface area contributed by atoms with Crippen LogP contribution in [0.25, 0.3) is 11.4 Å². The number of hydrogen-bond donors (Lipinski definition) is 1. The van der Waals surface area contributed by atoms with E-state index in [-0.39, 0.29) is 17.4 Å². The molecular weight excluding hydrogens is 420 g/mol. The van der Waals surface area contributed by atoms with Crippen LogP contribution in [0.4, 0.5) is 8.78 Å². The Kier molecular flexibility index (Phi) is 6.96. The van der Waals surface area contributed by atoms with Crippen molar-refractivity contribution in [1.82, 2.24) is 15.0 Å². The van der Waals surface area contributed by atoms with Crippen molar-refractivity contribution in [3.8, 4) is 22.9 Å². The van der Waals surface area contributed by atoms with Gasteiger partial charge in [0, 0.05) is 5.56 Å². The number of piperidine rings is 1. The van der Waals surface area contributed by atoms with Crippen LogP contribution in [-0.4, -0.2) is 47.0 Å². The Labute approximate surface area is 184 Å². The smallest absolute Gasteiger partial charge is 0.387 e. The number of ether oxygens (including phenoxy) is 2. The molecule has 1 atom stereocenters. The second-order valence-corrected chi connectivity index (χ2v) is 7.72. The summed E-state index contributed by atoms with van der Waals surface area (Å²) in [6.07, 6.45) is 1.29. The molecule has 4 rings (SSSR count). The number of likely N-dealkylation sites (tertiary alicyclic amines) is 1. The molecule has 2 aromatic carbocycles. The van der Waals surface area contributed by atoms with Gasteiger partial charge in [0.15, 0.2) is 11.5 Å². The minimum absolute atomic E-state index is 0.0597. The summed E-state index contributed by atoms with van der Waals surface area (Å²) in [6, 6.07) is 14.2. The SMILES string of the molecule is COc1cc(-c2noc(CN3CCC(C(O)c4ccccc4)CC3)n2)ccc1OC(F)F. The summed E-state index contributed by atoms with van der Waals surface area (Å²) in [5, 5.41) is 14.6. The number of methoxy groups -OCH3 is 1. The number of nitrogens with zero attached hydrogens (tertiary/aromatic N) is 3. The Hall–Kier alpha value is -3.04. The zero-order valence-electron chi connectivity index (χ0n) is 17.7. The van der Waals surface area contributed by atoms with Crippen molar-refractivity contribution >= 4 is 0 Å². The highest BCUT2D eigenvalue weighted by atomic mass is 19.3. The van der Waals surface area contributed by atoms with Crippen molar-refractivity contribution in [1.29, 1.82) is 0 Å². The van der Waals surface area contributed by atoms with Crippen LogP contribution in [0.15, 0.2) is 53.1 Å². The van der Waals surface area contributed by atoms with Crippen LogP contribution in [0.2, 0.25) is 0 Å². The molecule has 1 aliphatic heterocycles.